The van der Waals surface area contributed by atoms with Gasteiger partial charge in [-0.05, 0) is 24.3 Å². The summed E-state index contributed by atoms with van der Waals surface area (Å²) in [5, 5.41) is 0. The summed E-state index contributed by atoms with van der Waals surface area (Å²) < 4.78 is 33.2. The third kappa shape index (κ3) is 3.08. The zero-order valence-corrected chi connectivity index (χ0v) is 15.4. The fourth-order valence-corrected chi connectivity index (χ4v) is 4.67. The van der Waals surface area contributed by atoms with Gasteiger partial charge in [-0.3, -0.25) is 0 Å². The number of likely N-dealkylation sites (N-methyl/N-ethyl adjacent to an activating group) is 1. The Morgan fingerprint density at radius 3 is 2.50 bits per heavy atom. The summed E-state index contributed by atoms with van der Waals surface area (Å²) in [5.74, 6) is 1.36. The van der Waals surface area contributed by atoms with Gasteiger partial charge in [0.2, 0.25) is 16.0 Å². The lowest BCUT2D eigenvalue weighted by Gasteiger charge is -2.34. The van der Waals surface area contributed by atoms with Crippen molar-refractivity contribution >= 4 is 21.7 Å². The molecule has 26 heavy (non-hydrogen) atoms. The van der Waals surface area contributed by atoms with E-state index in [2.05, 4.69) is 9.97 Å². The molecule has 2 aliphatic rings. The smallest absolute Gasteiger partial charge is 0.243 e. The van der Waals surface area contributed by atoms with Crippen molar-refractivity contribution in [1.82, 2.24) is 14.3 Å². The number of aromatic nitrogens is 2. The minimum Gasteiger partial charge on any atom is -0.490 e. The molecule has 9 heteroatoms. The number of nitrogens with zero attached hydrogens (tertiary/aromatic N) is 5. The summed E-state index contributed by atoms with van der Waals surface area (Å²) in [4.78, 5) is 12.8. The Bertz CT molecular complexity index is 883. The first-order chi connectivity index (χ1) is 12.6. The van der Waals surface area contributed by atoms with Gasteiger partial charge in [0, 0.05) is 45.6 Å². The number of hydrogen-bond donors (Lipinski definition) is 0. The number of piperazine rings is 1. The summed E-state index contributed by atoms with van der Waals surface area (Å²) in [5.41, 5.74) is 0.814. The SMILES string of the molecule is CN1CCOc2ccc(S(=O)(=O)N3CCN(c4ncccn4)CC3)cc21. The summed E-state index contributed by atoms with van der Waals surface area (Å²) in [6.07, 6.45) is 3.38. The van der Waals surface area contributed by atoms with Crippen LogP contribution in [0.4, 0.5) is 11.6 Å². The molecule has 2 aromatic rings. The van der Waals surface area contributed by atoms with Gasteiger partial charge in [0.1, 0.15) is 12.4 Å². The molecule has 138 valence electrons. The normalized spacial score (nSPS) is 18.3. The van der Waals surface area contributed by atoms with E-state index in [0.717, 1.165) is 18.0 Å². The van der Waals surface area contributed by atoms with Crippen LogP contribution in [0.5, 0.6) is 5.75 Å². The average Bonchev–Trinajstić information content (AvgIpc) is 2.69. The van der Waals surface area contributed by atoms with Gasteiger partial charge < -0.3 is 14.5 Å². The van der Waals surface area contributed by atoms with Crippen molar-refractivity contribution in [3.8, 4) is 5.75 Å². The van der Waals surface area contributed by atoms with E-state index in [1.54, 1.807) is 36.7 Å². The maximum atomic E-state index is 13.0. The van der Waals surface area contributed by atoms with Crippen LogP contribution >= 0.6 is 0 Å². The number of sulfonamides is 1. The molecule has 0 amide bonds. The lowest BCUT2D eigenvalue weighted by atomic mass is 10.2. The van der Waals surface area contributed by atoms with Gasteiger partial charge in [0.15, 0.2) is 0 Å². The molecule has 0 aliphatic carbocycles. The Kier molecular flexibility index (Phi) is 4.41. The lowest BCUT2D eigenvalue weighted by molar-refractivity contribution is 0.311. The number of hydrogen-bond acceptors (Lipinski definition) is 7. The Labute approximate surface area is 153 Å². The molecule has 1 aromatic carbocycles. The maximum absolute atomic E-state index is 13.0. The largest absolute Gasteiger partial charge is 0.490 e. The molecule has 0 saturated carbocycles. The highest BCUT2D eigenvalue weighted by molar-refractivity contribution is 7.89. The van der Waals surface area contributed by atoms with E-state index in [-0.39, 0.29) is 0 Å². The van der Waals surface area contributed by atoms with Crippen molar-refractivity contribution in [3.05, 3.63) is 36.7 Å². The van der Waals surface area contributed by atoms with Crippen LogP contribution in [0.3, 0.4) is 0 Å². The van der Waals surface area contributed by atoms with Gasteiger partial charge in [-0.15, -0.1) is 0 Å². The van der Waals surface area contributed by atoms with Crippen molar-refractivity contribution in [2.45, 2.75) is 4.90 Å². The molecule has 1 aromatic heterocycles. The van der Waals surface area contributed by atoms with Crippen LogP contribution in [0.2, 0.25) is 0 Å². The van der Waals surface area contributed by atoms with Gasteiger partial charge in [0.05, 0.1) is 17.1 Å². The molecule has 2 aliphatic heterocycles. The first-order valence-electron chi connectivity index (χ1n) is 8.56. The number of rotatable bonds is 3. The van der Waals surface area contributed by atoms with Gasteiger partial charge >= 0.3 is 0 Å². The first kappa shape index (κ1) is 17.0. The Balaban J connectivity index is 1.52. The van der Waals surface area contributed by atoms with Crippen LogP contribution in [0.15, 0.2) is 41.6 Å². The molecule has 0 spiro atoms. The molecule has 0 bridgehead atoms. The predicted molar refractivity (Wildman–Crippen MR) is 98.2 cm³/mol. The van der Waals surface area contributed by atoms with E-state index < -0.39 is 10.0 Å². The molecule has 0 radical (unpaired) electrons. The van der Waals surface area contributed by atoms with E-state index in [0.29, 0.717) is 43.6 Å². The maximum Gasteiger partial charge on any atom is 0.243 e. The fourth-order valence-electron chi connectivity index (χ4n) is 3.22. The molecule has 3 heterocycles. The second kappa shape index (κ2) is 6.73. The van der Waals surface area contributed by atoms with Gasteiger partial charge in [0.25, 0.3) is 0 Å². The summed E-state index contributed by atoms with van der Waals surface area (Å²) >= 11 is 0. The topological polar surface area (TPSA) is 78.9 Å². The highest BCUT2D eigenvalue weighted by atomic mass is 32.2. The molecular weight excluding hydrogens is 354 g/mol. The van der Waals surface area contributed by atoms with Crippen LogP contribution in [0, 0.1) is 0 Å². The van der Waals surface area contributed by atoms with E-state index in [1.807, 2.05) is 16.8 Å². The first-order valence-corrected chi connectivity index (χ1v) is 10.00. The Morgan fingerprint density at radius 1 is 1.04 bits per heavy atom. The number of ether oxygens (including phenoxy) is 1. The van der Waals surface area contributed by atoms with Crippen molar-refractivity contribution in [1.29, 1.82) is 0 Å². The third-order valence-electron chi connectivity index (χ3n) is 4.74. The van der Waals surface area contributed by atoms with E-state index in [1.165, 1.54) is 4.31 Å². The van der Waals surface area contributed by atoms with Crippen LogP contribution in [0.1, 0.15) is 0 Å². The second-order valence-electron chi connectivity index (χ2n) is 6.34. The van der Waals surface area contributed by atoms with Crippen molar-refractivity contribution < 1.29 is 13.2 Å². The van der Waals surface area contributed by atoms with E-state index >= 15 is 0 Å². The molecule has 0 unspecified atom stereocenters. The molecule has 8 nitrogen and oxygen atoms in total. The fraction of sp³-hybridized carbons (Fsp3) is 0.412. The Morgan fingerprint density at radius 2 is 1.77 bits per heavy atom. The number of benzene rings is 1. The second-order valence-corrected chi connectivity index (χ2v) is 8.28. The number of fused-ring (bicyclic) bond motifs is 1. The standard InChI is InChI=1S/C17H21N5O3S/c1-20-11-12-25-16-4-3-14(13-15(16)20)26(23,24)22-9-7-21(8-10-22)17-18-5-2-6-19-17/h2-6,13H,7-12H2,1H3. The van der Waals surface area contributed by atoms with E-state index in [9.17, 15) is 8.42 Å². The lowest BCUT2D eigenvalue weighted by Crippen LogP contribution is -2.49. The van der Waals surface area contributed by atoms with Gasteiger partial charge in [-0.2, -0.15) is 4.31 Å². The monoisotopic (exact) mass is 375 g/mol. The molecule has 1 fully saturated rings. The molecule has 4 rings (SSSR count). The minimum absolute atomic E-state index is 0.304. The van der Waals surface area contributed by atoms with Crippen LogP contribution < -0.4 is 14.5 Å². The molecule has 0 N–H and O–H groups in total. The van der Waals surface area contributed by atoms with Crippen molar-refractivity contribution in [2.75, 3.05) is 56.2 Å². The third-order valence-corrected chi connectivity index (χ3v) is 6.63. The summed E-state index contributed by atoms with van der Waals surface area (Å²) in [6, 6.07) is 6.84. The minimum atomic E-state index is -3.54. The quantitative estimate of drug-likeness (QED) is 0.786. The molecule has 0 atom stereocenters. The summed E-state index contributed by atoms with van der Waals surface area (Å²) in [6.45, 7) is 3.30. The van der Waals surface area contributed by atoms with Crippen molar-refractivity contribution in [2.24, 2.45) is 0 Å². The van der Waals surface area contributed by atoms with Crippen LogP contribution in [-0.2, 0) is 10.0 Å². The zero-order chi connectivity index (χ0) is 18.1. The van der Waals surface area contributed by atoms with Gasteiger partial charge in [-0.25, -0.2) is 18.4 Å². The highest BCUT2D eigenvalue weighted by Gasteiger charge is 2.30. The average molecular weight is 375 g/mol. The zero-order valence-electron chi connectivity index (χ0n) is 14.6. The van der Waals surface area contributed by atoms with Crippen molar-refractivity contribution in [3.63, 3.8) is 0 Å². The van der Waals surface area contributed by atoms with Gasteiger partial charge in [-0.1, -0.05) is 0 Å². The molecule has 1 saturated heterocycles. The predicted octanol–water partition coefficient (Wildman–Crippen LogP) is 0.816. The van der Waals surface area contributed by atoms with Crippen LogP contribution in [0.25, 0.3) is 0 Å². The highest BCUT2D eigenvalue weighted by Crippen LogP contribution is 2.33. The Hall–Kier alpha value is -2.39. The molecular formula is C17H21N5O3S. The van der Waals surface area contributed by atoms with Crippen LogP contribution in [-0.4, -0.2) is 69.1 Å². The summed E-state index contributed by atoms with van der Waals surface area (Å²) in [7, 11) is -1.60. The number of anilines is 2. The van der Waals surface area contributed by atoms with E-state index in [4.69, 9.17) is 4.74 Å².